The highest BCUT2D eigenvalue weighted by Crippen LogP contribution is 2.42. The lowest BCUT2D eigenvalue weighted by Crippen LogP contribution is -2.52. The topological polar surface area (TPSA) is 195 Å². The third kappa shape index (κ3) is 11.0. The second-order valence-corrected chi connectivity index (χ2v) is 23.6. The summed E-state index contributed by atoms with van der Waals surface area (Å²) in [6.07, 6.45) is 5.34. The van der Waals surface area contributed by atoms with Crippen LogP contribution in [0.4, 0.5) is 16.6 Å². The Labute approximate surface area is 463 Å². The number of likely N-dealkylation sites (tertiary alicyclic amines) is 1. The van der Waals surface area contributed by atoms with Gasteiger partial charge in [-0.05, 0) is 134 Å². The van der Waals surface area contributed by atoms with Crippen molar-refractivity contribution in [2.45, 2.75) is 90.5 Å². The number of nitrogens with zero attached hydrogens (tertiary/aromatic N) is 8. The Bertz CT molecular complexity index is 3480. The number of amides is 4. The van der Waals surface area contributed by atoms with Gasteiger partial charge in [-0.2, -0.15) is 5.10 Å². The van der Waals surface area contributed by atoms with E-state index in [1.165, 1.54) is 11.3 Å². The van der Waals surface area contributed by atoms with Crippen molar-refractivity contribution in [2.24, 2.45) is 13.0 Å². The first kappa shape index (κ1) is 53.3. The Balaban J connectivity index is 0.683. The molecule has 4 amide bonds. The molecule has 79 heavy (non-hydrogen) atoms. The number of imide groups is 1. The van der Waals surface area contributed by atoms with Crippen molar-refractivity contribution in [3.05, 3.63) is 124 Å². The van der Waals surface area contributed by atoms with Gasteiger partial charge >= 0.3 is 5.97 Å². The first-order valence-corrected chi connectivity index (χ1v) is 28.5. The second kappa shape index (κ2) is 22.2. The predicted octanol–water partition coefficient (Wildman–Crippen LogP) is 9.10. The van der Waals surface area contributed by atoms with E-state index in [9.17, 15) is 29.1 Å². The lowest BCUT2D eigenvalue weighted by molar-refractivity contribution is -0.135. The molecule has 0 saturated carbocycles. The average Bonchev–Trinajstić information content (AvgIpc) is 4.16. The van der Waals surface area contributed by atoms with Crippen LogP contribution in [0.1, 0.15) is 114 Å². The molecule has 0 radical (unpaired) electrons. The molecule has 7 aromatic rings. The summed E-state index contributed by atoms with van der Waals surface area (Å²) in [7, 11) is 1.89. The van der Waals surface area contributed by atoms with E-state index in [2.05, 4.69) is 63.2 Å². The van der Waals surface area contributed by atoms with Gasteiger partial charge in [-0.1, -0.05) is 80.6 Å². The summed E-state index contributed by atoms with van der Waals surface area (Å²) < 4.78 is 9.31. The van der Waals surface area contributed by atoms with E-state index in [1.54, 1.807) is 0 Å². The van der Waals surface area contributed by atoms with Crippen LogP contribution in [0.15, 0.2) is 84.9 Å². The summed E-state index contributed by atoms with van der Waals surface area (Å²) in [6, 6.07) is 27.5. The van der Waals surface area contributed by atoms with Crippen LogP contribution in [0, 0.1) is 12.8 Å². The van der Waals surface area contributed by atoms with Crippen molar-refractivity contribution in [3.8, 4) is 16.9 Å². The van der Waals surface area contributed by atoms with Gasteiger partial charge in [0.05, 0.1) is 46.2 Å². The molecule has 17 nitrogen and oxygen atoms in total. The number of hydrogen-bond acceptors (Lipinski definition) is 13. The summed E-state index contributed by atoms with van der Waals surface area (Å²) in [4.78, 5) is 83.5. The number of hydrogen-bond donors (Lipinski definition) is 3. The van der Waals surface area contributed by atoms with E-state index in [-0.39, 0.29) is 29.3 Å². The lowest BCUT2D eigenvalue weighted by Gasteiger charge is -2.38. The zero-order chi connectivity index (χ0) is 55.1. The summed E-state index contributed by atoms with van der Waals surface area (Å²) in [5, 5.41) is 22.6. The van der Waals surface area contributed by atoms with Crippen molar-refractivity contribution in [1.82, 2.24) is 34.9 Å². The van der Waals surface area contributed by atoms with Crippen molar-refractivity contribution < 1.29 is 33.8 Å². The number of carbonyl (C=O) groups excluding carboxylic acids is 4. The summed E-state index contributed by atoms with van der Waals surface area (Å²) in [6.45, 7) is 14.6. The van der Waals surface area contributed by atoms with Crippen molar-refractivity contribution >= 4 is 78.7 Å². The Morgan fingerprint density at radius 3 is 2.39 bits per heavy atom. The number of carboxylic acid groups (broad SMARTS) is 1. The van der Waals surface area contributed by atoms with Gasteiger partial charge in [-0.25, -0.2) is 14.8 Å². The number of para-hydroxylation sites is 2. The number of fused-ring (bicyclic) bond motifs is 3. The van der Waals surface area contributed by atoms with Crippen LogP contribution in [0.3, 0.4) is 0 Å². The first-order valence-electron chi connectivity index (χ1n) is 27.7. The Hall–Kier alpha value is -7.70. The number of anilines is 3. The number of benzene rings is 4. The molecule has 11 rings (SSSR count). The SMILES string of the molecule is Cc1c(OCCCC2CCN(CC(=O)N3CCN(c4cccc5c(C6CCC(=O)NC6=O)nn(C)c45)CC3)CC2)cccc1-c1c(C(C)(C)C)cc(N2CCc3cccc(C(=O)Nc4nc5ccccc5s4)c3C2)nc1C(=O)O. The van der Waals surface area contributed by atoms with E-state index < -0.39 is 17.3 Å². The van der Waals surface area contributed by atoms with E-state index in [1.807, 2.05) is 96.3 Å². The largest absolute Gasteiger partial charge is 0.493 e. The molecule has 7 heterocycles. The molecular formula is C61H68N10O7S. The number of carboxylic acids is 1. The smallest absolute Gasteiger partial charge is 0.355 e. The van der Waals surface area contributed by atoms with Gasteiger partial charge in [0.25, 0.3) is 5.91 Å². The molecule has 4 aliphatic rings. The highest BCUT2D eigenvalue weighted by atomic mass is 32.1. The first-order chi connectivity index (χ1) is 38.1. The van der Waals surface area contributed by atoms with Crippen LogP contribution < -0.4 is 25.2 Å². The third-order valence-electron chi connectivity index (χ3n) is 16.4. The predicted molar refractivity (Wildman–Crippen MR) is 307 cm³/mol. The number of carbonyl (C=O) groups is 5. The minimum atomic E-state index is -1.11. The zero-order valence-corrected chi connectivity index (χ0v) is 46.5. The number of thiazole rings is 1. The molecule has 1 atom stereocenters. The van der Waals surface area contributed by atoms with E-state index >= 15 is 0 Å². The maximum absolute atomic E-state index is 13.8. The molecule has 410 valence electrons. The highest BCUT2D eigenvalue weighted by Gasteiger charge is 2.35. The van der Waals surface area contributed by atoms with Gasteiger partial charge in [0.15, 0.2) is 10.8 Å². The van der Waals surface area contributed by atoms with Crippen LogP contribution in [0.25, 0.3) is 32.2 Å². The van der Waals surface area contributed by atoms with Gasteiger partial charge in [-0.15, -0.1) is 0 Å². The maximum Gasteiger partial charge on any atom is 0.355 e. The monoisotopic (exact) mass is 1080 g/mol. The molecule has 3 fully saturated rings. The normalized spacial score (nSPS) is 17.5. The lowest BCUT2D eigenvalue weighted by atomic mass is 9.80. The minimum absolute atomic E-state index is 0.0228. The molecule has 3 saturated heterocycles. The van der Waals surface area contributed by atoms with Gasteiger partial charge in [0.1, 0.15) is 11.6 Å². The van der Waals surface area contributed by atoms with Crippen molar-refractivity contribution in [3.63, 3.8) is 0 Å². The summed E-state index contributed by atoms with van der Waals surface area (Å²) in [5.74, 6) is -0.398. The van der Waals surface area contributed by atoms with E-state index in [0.29, 0.717) is 111 Å². The number of aromatic carboxylic acids is 1. The van der Waals surface area contributed by atoms with Crippen LogP contribution in [-0.4, -0.2) is 123 Å². The van der Waals surface area contributed by atoms with E-state index in [0.717, 1.165) is 93.4 Å². The standard InChI is InChI=1S/C61H68N10O7S/c1-37-40(53-45(61(2,3)4)34-50(63-55(53)59(76)77)71-28-25-39-13-8-15-41(44(39)35-71)57(74)65-60-62-46-17-6-7-20-49(46)79-60)14-10-19-48(37)78-33-11-12-38-23-26-68(27-24-38)36-52(73)70-31-29-69(30-32-70)47-18-9-16-42-54(66-67(5)56(42)47)43-21-22-51(72)64-58(43)75/h6-10,13-20,34,38,43H,11-12,21-33,35-36H2,1-5H3,(H,76,77)(H,62,65,74)(H,64,72,75). The van der Waals surface area contributed by atoms with Gasteiger partial charge in [0.2, 0.25) is 17.7 Å². The average molecular weight is 1090 g/mol. The second-order valence-electron chi connectivity index (χ2n) is 22.6. The Morgan fingerprint density at radius 2 is 1.63 bits per heavy atom. The number of piperidine rings is 2. The number of rotatable bonds is 14. The molecule has 3 N–H and O–H groups in total. The number of nitrogens with one attached hydrogen (secondary N) is 2. The molecule has 4 aromatic carbocycles. The van der Waals surface area contributed by atoms with Crippen LogP contribution in [0.5, 0.6) is 5.75 Å². The fourth-order valence-corrected chi connectivity index (χ4v) is 13.0. The van der Waals surface area contributed by atoms with E-state index in [4.69, 9.17) is 14.8 Å². The molecule has 0 aliphatic carbocycles. The molecule has 3 aromatic heterocycles. The molecule has 1 unspecified atom stereocenters. The van der Waals surface area contributed by atoms with Crippen LogP contribution in [0.2, 0.25) is 0 Å². The van der Waals surface area contributed by atoms with Gasteiger partial charge in [-0.3, -0.25) is 39.4 Å². The Kier molecular flexibility index (Phi) is 15.0. The van der Waals surface area contributed by atoms with Crippen LogP contribution in [-0.2, 0) is 39.8 Å². The maximum atomic E-state index is 13.8. The number of aryl methyl sites for hydroxylation is 1. The number of piperazine rings is 1. The molecule has 18 heteroatoms. The zero-order valence-electron chi connectivity index (χ0n) is 45.6. The molecule has 4 aliphatic heterocycles. The minimum Gasteiger partial charge on any atom is -0.493 e. The quantitative estimate of drug-likeness (QED) is 0.0690. The third-order valence-corrected chi connectivity index (χ3v) is 17.4. The van der Waals surface area contributed by atoms with Crippen molar-refractivity contribution in [1.29, 1.82) is 0 Å². The summed E-state index contributed by atoms with van der Waals surface area (Å²) in [5.41, 5.74) is 8.60. The van der Waals surface area contributed by atoms with Crippen molar-refractivity contribution in [2.75, 3.05) is 74.1 Å². The highest BCUT2D eigenvalue weighted by molar-refractivity contribution is 7.22. The Morgan fingerprint density at radius 1 is 0.861 bits per heavy atom. The molecule has 0 spiro atoms. The van der Waals surface area contributed by atoms with Crippen LogP contribution >= 0.6 is 11.3 Å². The number of pyridine rings is 1. The molecular weight excluding hydrogens is 1020 g/mol. The molecule has 0 bridgehead atoms. The van der Waals surface area contributed by atoms with Gasteiger partial charge < -0.3 is 24.5 Å². The summed E-state index contributed by atoms with van der Waals surface area (Å²) >= 11 is 1.43. The number of ether oxygens (including phenoxy) is 1. The van der Waals surface area contributed by atoms with Gasteiger partial charge in [0, 0.05) is 69.3 Å². The fraction of sp³-hybridized carbons (Fsp3) is 0.410. The fourth-order valence-electron chi connectivity index (χ4n) is 12.1. The number of aromatic nitrogens is 4.